The van der Waals surface area contributed by atoms with Crippen molar-refractivity contribution in [2.24, 2.45) is 17.8 Å². The standard InChI is InChI=1S/C19H25F/c1-2-3-14-4-6-15(7-5-14)16-8-9-18-13-19(20)11-10-17(18)12-16/h2-3,10-11,13-16H,4-9,12H2,1H3/b3-2+. The van der Waals surface area contributed by atoms with Crippen LogP contribution in [0.2, 0.25) is 0 Å². The minimum absolute atomic E-state index is 0.0749. The smallest absolute Gasteiger partial charge is 0.123 e. The predicted octanol–water partition coefficient (Wildman–Crippen LogP) is 5.31. The van der Waals surface area contributed by atoms with Crippen molar-refractivity contribution in [3.05, 3.63) is 47.3 Å². The lowest BCUT2D eigenvalue weighted by atomic mass is 9.70. The molecule has 0 aliphatic heterocycles. The molecule has 20 heavy (non-hydrogen) atoms. The lowest BCUT2D eigenvalue weighted by Gasteiger charge is -2.36. The van der Waals surface area contributed by atoms with Crippen molar-refractivity contribution in [2.75, 3.05) is 0 Å². The number of halogens is 1. The lowest BCUT2D eigenvalue weighted by Crippen LogP contribution is -2.26. The SMILES string of the molecule is C/C=C/C1CCC(C2CCc3cc(F)ccc3C2)CC1. The van der Waals surface area contributed by atoms with Crippen LogP contribution in [0.3, 0.4) is 0 Å². The van der Waals surface area contributed by atoms with E-state index in [1.54, 1.807) is 12.1 Å². The number of hydrogen-bond donors (Lipinski definition) is 0. The van der Waals surface area contributed by atoms with Gasteiger partial charge in [-0.15, -0.1) is 0 Å². The normalized spacial score (nSPS) is 30.4. The Bertz CT molecular complexity index is 481. The quantitative estimate of drug-likeness (QED) is 0.640. The molecule has 1 heteroatoms. The second kappa shape index (κ2) is 6.11. The first-order chi connectivity index (χ1) is 9.76. The van der Waals surface area contributed by atoms with Gasteiger partial charge in [0.15, 0.2) is 0 Å². The van der Waals surface area contributed by atoms with Gasteiger partial charge in [-0.2, -0.15) is 0 Å². The van der Waals surface area contributed by atoms with E-state index < -0.39 is 0 Å². The molecule has 0 saturated heterocycles. The van der Waals surface area contributed by atoms with Gasteiger partial charge in [0.1, 0.15) is 5.82 Å². The van der Waals surface area contributed by atoms with E-state index >= 15 is 0 Å². The lowest BCUT2D eigenvalue weighted by molar-refractivity contribution is 0.206. The van der Waals surface area contributed by atoms with Crippen LogP contribution in [0.5, 0.6) is 0 Å². The van der Waals surface area contributed by atoms with Crippen LogP contribution in [0.25, 0.3) is 0 Å². The molecule has 0 nitrogen and oxygen atoms in total. The maximum Gasteiger partial charge on any atom is 0.123 e. The fourth-order valence-electron chi connectivity index (χ4n) is 4.24. The van der Waals surface area contributed by atoms with Gasteiger partial charge in [0.05, 0.1) is 0 Å². The van der Waals surface area contributed by atoms with Crippen molar-refractivity contribution in [3.63, 3.8) is 0 Å². The predicted molar refractivity (Wildman–Crippen MR) is 82.2 cm³/mol. The highest BCUT2D eigenvalue weighted by atomic mass is 19.1. The molecule has 0 heterocycles. The average molecular weight is 272 g/mol. The van der Waals surface area contributed by atoms with E-state index in [2.05, 4.69) is 19.1 Å². The zero-order valence-electron chi connectivity index (χ0n) is 12.4. The summed E-state index contributed by atoms with van der Waals surface area (Å²) in [5.41, 5.74) is 2.65. The summed E-state index contributed by atoms with van der Waals surface area (Å²) in [5.74, 6) is 2.48. The van der Waals surface area contributed by atoms with E-state index in [9.17, 15) is 4.39 Å². The molecule has 108 valence electrons. The van der Waals surface area contributed by atoms with E-state index in [0.717, 1.165) is 24.2 Å². The molecule has 0 spiro atoms. The van der Waals surface area contributed by atoms with E-state index in [1.807, 2.05) is 6.07 Å². The Hall–Kier alpha value is -1.11. The first kappa shape index (κ1) is 13.9. The van der Waals surface area contributed by atoms with Crippen LogP contribution in [0.15, 0.2) is 30.4 Å². The fraction of sp³-hybridized carbons (Fsp3) is 0.579. The summed E-state index contributed by atoms with van der Waals surface area (Å²) >= 11 is 0. The second-order valence-corrected chi connectivity index (χ2v) is 6.62. The molecule has 3 rings (SSSR count). The van der Waals surface area contributed by atoms with Gasteiger partial charge in [0, 0.05) is 0 Å². The monoisotopic (exact) mass is 272 g/mol. The Morgan fingerprint density at radius 1 is 1.00 bits per heavy atom. The third kappa shape index (κ3) is 2.97. The van der Waals surface area contributed by atoms with E-state index in [-0.39, 0.29) is 5.82 Å². The number of rotatable bonds is 2. The van der Waals surface area contributed by atoms with Gasteiger partial charge >= 0.3 is 0 Å². The van der Waals surface area contributed by atoms with Crippen molar-refractivity contribution in [1.29, 1.82) is 0 Å². The van der Waals surface area contributed by atoms with Crippen molar-refractivity contribution in [3.8, 4) is 0 Å². The highest BCUT2D eigenvalue weighted by molar-refractivity contribution is 5.30. The molecule has 0 radical (unpaired) electrons. The number of hydrogen-bond acceptors (Lipinski definition) is 0. The Kier molecular flexibility index (Phi) is 4.24. The second-order valence-electron chi connectivity index (χ2n) is 6.62. The molecule has 0 bridgehead atoms. The van der Waals surface area contributed by atoms with Gasteiger partial charge < -0.3 is 0 Å². The summed E-state index contributed by atoms with van der Waals surface area (Å²) in [6.07, 6.45) is 13.6. The molecule has 1 saturated carbocycles. The number of benzene rings is 1. The number of aryl methyl sites for hydroxylation is 1. The first-order valence-corrected chi connectivity index (χ1v) is 8.16. The fourth-order valence-corrected chi connectivity index (χ4v) is 4.24. The molecular weight excluding hydrogens is 247 g/mol. The van der Waals surface area contributed by atoms with Crippen LogP contribution in [-0.4, -0.2) is 0 Å². The molecule has 0 aromatic heterocycles. The van der Waals surface area contributed by atoms with E-state index in [1.165, 1.54) is 49.7 Å². The van der Waals surface area contributed by atoms with Crippen LogP contribution in [0.4, 0.5) is 4.39 Å². The molecule has 1 aromatic rings. The van der Waals surface area contributed by atoms with Crippen LogP contribution < -0.4 is 0 Å². The molecule has 0 amide bonds. The maximum atomic E-state index is 13.3. The Morgan fingerprint density at radius 3 is 2.55 bits per heavy atom. The van der Waals surface area contributed by atoms with Crippen molar-refractivity contribution >= 4 is 0 Å². The van der Waals surface area contributed by atoms with E-state index in [0.29, 0.717) is 0 Å². The van der Waals surface area contributed by atoms with Crippen molar-refractivity contribution in [2.45, 2.75) is 51.9 Å². The van der Waals surface area contributed by atoms with Gasteiger partial charge in [-0.1, -0.05) is 18.2 Å². The summed E-state index contributed by atoms with van der Waals surface area (Å²) in [4.78, 5) is 0. The van der Waals surface area contributed by atoms with Gasteiger partial charge in [0.25, 0.3) is 0 Å². The minimum Gasteiger partial charge on any atom is -0.207 e. The van der Waals surface area contributed by atoms with Gasteiger partial charge in [-0.05, 0) is 92.9 Å². The topological polar surface area (TPSA) is 0 Å². The third-order valence-electron chi connectivity index (χ3n) is 5.38. The van der Waals surface area contributed by atoms with E-state index in [4.69, 9.17) is 0 Å². The molecule has 2 aliphatic rings. The molecule has 1 atom stereocenters. The Morgan fingerprint density at radius 2 is 1.80 bits per heavy atom. The summed E-state index contributed by atoms with van der Waals surface area (Å²) in [5, 5.41) is 0. The molecule has 0 N–H and O–H groups in total. The Labute approximate surface area is 122 Å². The van der Waals surface area contributed by atoms with Gasteiger partial charge in [-0.25, -0.2) is 4.39 Å². The Balaban J connectivity index is 1.62. The summed E-state index contributed by atoms with van der Waals surface area (Å²) < 4.78 is 13.3. The molecule has 1 aromatic carbocycles. The molecule has 1 unspecified atom stereocenters. The average Bonchev–Trinajstić information content (AvgIpc) is 2.48. The highest BCUT2D eigenvalue weighted by Crippen LogP contribution is 2.39. The summed E-state index contributed by atoms with van der Waals surface area (Å²) in [6.45, 7) is 2.13. The maximum absolute atomic E-state index is 13.3. The summed E-state index contributed by atoms with van der Waals surface area (Å²) in [6, 6.07) is 5.39. The zero-order valence-corrected chi connectivity index (χ0v) is 12.4. The molecule has 1 fully saturated rings. The van der Waals surface area contributed by atoms with Crippen LogP contribution in [0.1, 0.15) is 50.2 Å². The molecule has 2 aliphatic carbocycles. The van der Waals surface area contributed by atoms with Crippen molar-refractivity contribution in [1.82, 2.24) is 0 Å². The number of fused-ring (bicyclic) bond motifs is 1. The number of allylic oxidation sites excluding steroid dienone is 2. The molecular formula is C19H25F. The first-order valence-electron chi connectivity index (χ1n) is 8.16. The summed E-state index contributed by atoms with van der Waals surface area (Å²) in [7, 11) is 0. The third-order valence-corrected chi connectivity index (χ3v) is 5.38. The van der Waals surface area contributed by atoms with Crippen molar-refractivity contribution < 1.29 is 4.39 Å². The largest absolute Gasteiger partial charge is 0.207 e. The van der Waals surface area contributed by atoms with Crippen LogP contribution >= 0.6 is 0 Å². The van der Waals surface area contributed by atoms with Crippen LogP contribution in [-0.2, 0) is 12.8 Å². The minimum atomic E-state index is -0.0749. The van der Waals surface area contributed by atoms with Gasteiger partial charge in [-0.3, -0.25) is 0 Å². The van der Waals surface area contributed by atoms with Crippen LogP contribution in [0, 0.1) is 23.6 Å². The zero-order chi connectivity index (χ0) is 13.9. The highest BCUT2D eigenvalue weighted by Gasteiger charge is 2.29. The van der Waals surface area contributed by atoms with Gasteiger partial charge in [0.2, 0.25) is 0 Å².